The lowest BCUT2D eigenvalue weighted by atomic mass is 10.2. The Kier molecular flexibility index (Phi) is 4.45. The fourth-order valence-electron chi connectivity index (χ4n) is 1.25. The van der Waals surface area contributed by atoms with Crippen molar-refractivity contribution in [3.63, 3.8) is 0 Å². The van der Waals surface area contributed by atoms with Gasteiger partial charge in [0.2, 0.25) is 5.91 Å². The first-order chi connectivity index (χ1) is 8.02. The Morgan fingerprint density at radius 1 is 1.47 bits per heavy atom. The predicted molar refractivity (Wildman–Crippen MR) is 63.0 cm³/mol. The molecule has 0 bridgehead atoms. The van der Waals surface area contributed by atoms with E-state index in [1.54, 1.807) is 14.1 Å². The minimum absolute atomic E-state index is 0.0155. The number of nitrogens with zero attached hydrogens (tertiary/aromatic N) is 2. The van der Waals surface area contributed by atoms with Crippen LogP contribution in [0.25, 0.3) is 0 Å². The monoisotopic (exact) mass is 237 g/mol. The van der Waals surface area contributed by atoms with Crippen LogP contribution in [0, 0.1) is 0 Å². The Morgan fingerprint density at radius 3 is 2.76 bits per heavy atom. The highest BCUT2D eigenvalue weighted by molar-refractivity contribution is 5.93. The molecule has 1 aromatic rings. The number of carbonyl (C=O) groups is 2. The molecule has 1 rings (SSSR count). The summed E-state index contributed by atoms with van der Waals surface area (Å²) in [5.74, 6) is -1.04. The van der Waals surface area contributed by atoms with E-state index < -0.39 is 5.97 Å². The topological polar surface area (TPSA) is 82.5 Å². The first kappa shape index (κ1) is 13.0. The SMILES string of the molecule is CN(C)C(=O)CCNc1cnccc1C(=O)O. The Morgan fingerprint density at radius 2 is 2.18 bits per heavy atom. The van der Waals surface area contributed by atoms with Gasteiger partial charge in [0.1, 0.15) is 0 Å². The molecule has 0 aliphatic heterocycles. The quantitative estimate of drug-likeness (QED) is 0.786. The zero-order valence-electron chi connectivity index (χ0n) is 9.80. The second-order valence-electron chi connectivity index (χ2n) is 3.69. The van der Waals surface area contributed by atoms with E-state index in [2.05, 4.69) is 10.3 Å². The highest BCUT2D eigenvalue weighted by Crippen LogP contribution is 2.12. The molecule has 0 aliphatic rings. The molecule has 0 spiro atoms. The Bertz CT molecular complexity index is 418. The molecule has 2 N–H and O–H groups in total. The number of amides is 1. The molecule has 0 saturated heterocycles. The van der Waals surface area contributed by atoms with Gasteiger partial charge in [0, 0.05) is 33.3 Å². The summed E-state index contributed by atoms with van der Waals surface area (Å²) in [6.45, 7) is 0.378. The van der Waals surface area contributed by atoms with E-state index >= 15 is 0 Å². The van der Waals surface area contributed by atoms with Crippen molar-refractivity contribution in [2.75, 3.05) is 26.0 Å². The van der Waals surface area contributed by atoms with E-state index in [0.717, 1.165) is 0 Å². The number of hydrogen-bond acceptors (Lipinski definition) is 4. The number of rotatable bonds is 5. The van der Waals surface area contributed by atoms with E-state index in [1.165, 1.54) is 23.4 Å². The van der Waals surface area contributed by atoms with Gasteiger partial charge in [-0.2, -0.15) is 0 Å². The van der Waals surface area contributed by atoms with Gasteiger partial charge < -0.3 is 15.3 Å². The fraction of sp³-hybridized carbons (Fsp3) is 0.364. The molecule has 0 aliphatic carbocycles. The average molecular weight is 237 g/mol. The minimum atomic E-state index is -1.02. The van der Waals surface area contributed by atoms with Gasteiger partial charge in [-0.1, -0.05) is 0 Å². The smallest absolute Gasteiger partial charge is 0.337 e. The van der Waals surface area contributed by atoms with Gasteiger partial charge in [-0.25, -0.2) is 4.79 Å². The molecule has 1 amide bonds. The summed E-state index contributed by atoms with van der Waals surface area (Å²) >= 11 is 0. The molecular formula is C11H15N3O3. The van der Waals surface area contributed by atoms with Crippen molar-refractivity contribution in [3.05, 3.63) is 24.0 Å². The van der Waals surface area contributed by atoms with Crippen LogP contribution in [-0.4, -0.2) is 47.5 Å². The van der Waals surface area contributed by atoms with Crippen LogP contribution in [0.4, 0.5) is 5.69 Å². The summed E-state index contributed by atoms with van der Waals surface area (Å²) in [7, 11) is 3.35. The number of aromatic carboxylic acids is 1. The number of anilines is 1. The number of carboxylic acid groups (broad SMARTS) is 1. The number of hydrogen-bond donors (Lipinski definition) is 2. The molecule has 0 aromatic carbocycles. The highest BCUT2D eigenvalue weighted by Gasteiger charge is 2.09. The number of carbonyl (C=O) groups excluding carboxylic acids is 1. The summed E-state index contributed by atoms with van der Waals surface area (Å²) in [6, 6.07) is 1.42. The average Bonchev–Trinajstić information content (AvgIpc) is 2.29. The summed E-state index contributed by atoms with van der Waals surface area (Å²) in [6.07, 6.45) is 3.16. The Hall–Kier alpha value is -2.11. The zero-order valence-corrected chi connectivity index (χ0v) is 9.80. The van der Waals surface area contributed by atoms with Gasteiger partial charge in [0.05, 0.1) is 17.4 Å². The maximum absolute atomic E-state index is 11.3. The van der Waals surface area contributed by atoms with Crippen molar-refractivity contribution in [3.8, 4) is 0 Å². The first-order valence-electron chi connectivity index (χ1n) is 5.13. The normalized spacial score (nSPS) is 9.76. The lowest BCUT2D eigenvalue weighted by molar-refractivity contribution is -0.128. The van der Waals surface area contributed by atoms with Crippen LogP contribution in [0.15, 0.2) is 18.5 Å². The molecule has 6 heteroatoms. The van der Waals surface area contributed by atoms with Crippen molar-refractivity contribution in [2.45, 2.75) is 6.42 Å². The Labute approximate surface area is 99.3 Å². The van der Waals surface area contributed by atoms with Gasteiger partial charge in [-0.15, -0.1) is 0 Å². The van der Waals surface area contributed by atoms with E-state index in [4.69, 9.17) is 5.11 Å². The van der Waals surface area contributed by atoms with Crippen molar-refractivity contribution in [1.82, 2.24) is 9.88 Å². The van der Waals surface area contributed by atoms with Crippen molar-refractivity contribution in [2.24, 2.45) is 0 Å². The Balaban J connectivity index is 2.58. The van der Waals surface area contributed by atoms with E-state index in [9.17, 15) is 9.59 Å². The van der Waals surface area contributed by atoms with Gasteiger partial charge in [0.15, 0.2) is 0 Å². The molecule has 0 radical (unpaired) electrons. The second-order valence-corrected chi connectivity index (χ2v) is 3.69. The molecule has 0 atom stereocenters. The third-order valence-electron chi connectivity index (χ3n) is 2.20. The third-order valence-corrected chi connectivity index (χ3v) is 2.20. The van der Waals surface area contributed by atoms with Crippen LogP contribution >= 0.6 is 0 Å². The summed E-state index contributed by atoms with van der Waals surface area (Å²) < 4.78 is 0. The number of nitrogens with one attached hydrogen (secondary N) is 1. The van der Waals surface area contributed by atoms with Crippen LogP contribution < -0.4 is 5.32 Å². The lowest BCUT2D eigenvalue weighted by Gasteiger charge is -2.11. The number of pyridine rings is 1. The largest absolute Gasteiger partial charge is 0.478 e. The molecule has 1 heterocycles. The third kappa shape index (κ3) is 3.75. The van der Waals surface area contributed by atoms with Crippen LogP contribution in [0.1, 0.15) is 16.8 Å². The van der Waals surface area contributed by atoms with Crippen LogP contribution in [0.3, 0.4) is 0 Å². The molecule has 17 heavy (non-hydrogen) atoms. The number of aromatic nitrogens is 1. The predicted octanol–water partition coefficient (Wildman–Crippen LogP) is 0.670. The molecule has 0 fully saturated rings. The maximum Gasteiger partial charge on any atom is 0.337 e. The molecule has 6 nitrogen and oxygen atoms in total. The van der Waals surface area contributed by atoms with Crippen LogP contribution in [0.2, 0.25) is 0 Å². The summed E-state index contributed by atoms with van der Waals surface area (Å²) in [5, 5.41) is 11.8. The summed E-state index contributed by atoms with van der Waals surface area (Å²) in [5.41, 5.74) is 0.573. The van der Waals surface area contributed by atoms with Gasteiger partial charge in [-0.3, -0.25) is 9.78 Å². The fourth-order valence-corrected chi connectivity index (χ4v) is 1.25. The van der Waals surface area contributed by atoms with Gasteiger partial charge >= 0.3 is 5.97 Å². The molecule has 92 valence electrons. The summed E-state index contributed by atoms with van der Waals surface area (Å²) in [4.78, 5) is 27.5. The van der Waals surface area contributed by atoms with Crippen LogP contribution in [0.5, 0.6) is 0 Å². The molecule has 0 saturated carbocycles. The number of carboxylic acids is 1. The molecule has 1 aromatic heterocycles. The van der Waals surface area contributed by atoms with Crippen molar-refractivity contribution in [1.29, 1.82) is 0 Å². The highest BCUT2D eigenvalue weighted by atomic mass is 16.4. The van der Waals surface area contributed by atoms with E-state index in [-0.39, 0.29) is 11.5 Å². The van der Waals surface area contributed by atoms with E-state index in [1.807, 2.05) is 0 Å². The van der Waals surface area contributed by atoms with Crippen LogP contribution in [-0.2, 0) is 4.79 Å². The molecular weight excluding hydrogens is 222 g/mol. The second kappa shape index (κ2) is 5.83. The minimum Gasteiger partial charge on any atom is -0.478 e. The first-order valence-corrected chi connectivity index (χ1v) is 5.13. The van der Waals surface area contributed by atoms with Crippen molar-refractivity contribution >= 4 is 17.6 Å². The molecule has 0 unspecified atom stereocenters. The standard InChI is InChI=1S/C11H15N3O3/c1-14(2)10(15)4-6-13-9-7-12-5-3-8(9)11(16)17/h3,5,7,13H,4,6H2,1-2H3,(H,16,17). The maximum atomic E-state index is 11.3. The van der Waals surface area contributed by atoms with E-state index in [0.29, 0.717) is 18.7 Å². The van der Waals surface area contributed by atoms with Gasteiger partial charge in [0.25, 0.3) is 0 Å². The lowest BCUT2D eigenvalue weighted by Crippen LogP contribution is -2.24. The van der Waals surface area contributed by atoms with Gasteiger partial charge in [-0.05, 0) is 6.07 Å². The van der Waals surface area contributed by atoms with Crippen molar-refractivity contribution < 1.29 is 14.7 Å². The zero-order chi connectivity index (χ0) is 12.8.